The van der Waals surface area contributed by atoms with Crippen LogP contribution in [0.4, 0.5) is 16.5 Å². The first-order valence-corrected chi connectivity index (χ1v) is 16.6. The second kappa shape index (κ2) is 15.8. The number of hydrogen-bond donors (Lipinski definition) is 3. The zero-order valence-corrected chi connectivity index (χ0v) is 27.6. The topological polar surface area (TPSA) is 143 Å². The van der Waals surface area contributed by atoms with Crippen molar-refractivity contribution in [1.82, 2.24) is 10.3 Å². The van der Waals surface area contributed by atoms with Crippen molar-refractivity contribution in [3.63, 3.8) is 0 Å². The number of rotatable bonds is 12. The smallest absolute Gasteiger partial charge is 0.272 e. The molecule has 0 saturated heterocycles. The lowest BCUT2D eigenvalue weighted by Gasteiger charge is -2.15. The highest BCUT2D eigenvalue weighted by atomic mass is 32.2. The van der Waals surface area contributed by atoms with Crippen LogP contribution in [0.1, 0.15) is 34.1 Å². The van der Waals surface area contributed by atoms with E-state index in [4.69, 9.17) is 0 Å². The summed E-state index contributed by atoms with van der Waals surface area (Å²) in [4.78, 5) is 56.8. The average molecular weight is 678 g/mol. The van der Waals surface area contributed by atoms with Gasteiger partial charge in [-0.25, -0.2) is 4.98 Å². The molecule has 0 spiro atoms. The molecule has 12 heteroatoms. The minimum atomic E-state index is -0.599. The summed E-state index contributed by atoms with van der Waals surface area (Å²) in [6.07, 6.45) is 2.00. The summed E-state index contributed by atoms with van der Waals surface area (Å²) < 4.78 is 0. The van der Waals surface area contributed by atoms with E-state index in [-0.39, 0.29) is 17.3 Å². The van der Waals surface area contributed by atoms with Crippen molar-refractivity contribution in [2.75, 3.05) is 10.6 Å². The molecule has 5 aromatic rings. The molecule has 10 nitrogen and oxygen atoms in total. The van der Waals surface area contributed by atoms with Crippen LogP contribution >= 0.6 is 23.1 Å². The van der Waals surface area contributed by atoms with Crippen LogP contribution in [0.25, 0.3) is 17.3 Å². The molecule has 0 aliphatic carbocycles. The summed E-state index contributed by atoms with van der Waals surface area (Å²) >= 11 is 2.79. The number of aryl methyl sites for hydroxylation is 1. The third-order valence-electron chi connectivity index (χ3n) is 7.05. The number of nitrogens with zero attached hydrogens (tertiary/aromatic N) is 2. The van der Waals surface area contributed by atoms with Crippen LogP contribution in [-0.2, 0) is 9.59 Å². The molecule has 4 aromatic carbocycles. The first-order valence-electron chi connectivity index (χ1n) is 14.9. The molecule has 242 valence electrons. The van der Waals surface area contributed by atoms with E-state index in [1.807, 2.05) is 50.2 Å². The maximum atomic E-state index is 13.5. The van der Waals surface area contributed by atoms with E-state index in [1.165, 1.54) is 53.4 Å². The number of nitro benzene ring substituents is 1. The lowest BCUT2D eigenvalue weighted by Crippen LogP contribution is -2.30. The second-order valence-electron chi connectivity index (χ2n) is 10.5. The van der Waals surface area contributed by atoms with Crippen molar-refractivity contribution in [3.05, 3.63) is 141 Å². The fourth-order valence-electron chi connectivity index (χ4n) is 4.63. The van der Waals surface area contributed by atoms with Gasteiger partial charge in [0.2, 0.25) is 5.91 Å². The second-order valence-corrected chi connectivity index (χ2v) is 13.0. The summed E-state index contributed by atoms with van der Waals surface area (Å²) in [6, 6.07) is 30.9. The first-order chi connectivity index (χ1) is 23.2. The number of thiazole rings is 1. The number of thioether (sulfide) groups is 1. The number of carbonyl (C=O) groups is 3. The number of benzene rings is 4. The lowest BCUT2D eigenvalue weighted by atomic mass is 10.1. The van der Waals surface area contributed by atoms with E-state index < -0.39 is 22.0 Å². The number of carbonyl (C=O) groups excluding carboxylic acids is 3. The third kappa shape index (κ3) is 8.81. The molecule has 0 aliphatic heterocycles. The molecule has 1 atom stereocenters. The number of nitrogens with one attached hydrogen (secondary N) is 3. The van der Waals surface area contributed by atoms with Gasteiger partial charge in [0, 0.05) is 38.7 Å². The lowest BCUT2D eigenvalue weighted by molar-refractivity contribution is -0.384. The van der Waals surface area contributed by atoms with Crippen LogP contribution in [0.2, 0.25) is 0 Å². The summed E-state index contributed by atoms with van der Waals surface area (Å²) in [5.41, 5.74) is 2.94. The standard InChI is InChI=1S/C36H31N5O5S2/c1-3-31(35(44)40-36-39-32(23(2)47-36)25-11-6-4-7-12-25)48-29-16-10-15-27(22-29)37-34(43)30(38-33(42)26-13-8-5-9-14-26)21-24-17-19-28(20-18-24)41(45)46/h4-22,31H,3H2,1-2H3,(H,37,43)(H,38,42)(H,39,40,44)/b30-21+. The van der Waals surface area contributed by atoms with Crippen LogP contribution in [0.5, 0.6) is 0 Å². The Labute approximate surface area is 285 Å². The van der Waals surface area contributed by atoms with Gasteiger partial charge in [0.05, 0.1) is 15.9 Å². The minimum absolute atomic E-state index is 0.0600. The van der Waals surface area contributed by atoms with Gasteiger partial charge in [-0.3, -0.25) is 24.5 Å². The van der Waals surface area contributed by atoms with Gasteiger partial charge >= 0.3 is 0 Å². The zero-order chi connectivity index (χ0) is 34.0. The Morgan fingerprint density at radius 2 is 1.60 bits per heavy atom. The average Bonchev–Trinajstić information content (AvgIpc) is 3.47. The molecule has 1 heterocycles. The summed E-state index contributed by atoms with van der Waals surface area (Å²) in [5.74, 6) is -1.27. The molecule has 48 heavy (non-hydrogen) atoms. The highest BCUT2D eigenvalue weighted by Crippen LogP contribution is 2.32. The molecule has 0 aliphatic rings. The first kappa shape index (κ1) is 33.8. The quantitative estimate of drug-likeness (QED) is 0.0526. The summed E-state index contributed by atoms with van der Waals surface area (Å²) in [5, 5.41) is 19.6. The van der Waals surface area contributed by atoms with Crippen molar-refractivity contribution in [2.24, 2.45) is 0 Å². The van der Waals surface area contributed by atoms with E-state index in [1.54, 1.807) is 48.5 Å². The molecule has 0 saturated carbocycles. The predicted octanol–water partition coefficient (Wildman–Crippen LogP) is 7.95. The minimum Gasteiger partial charge on any atom is -0.321 e. The van der Waals surface area contributed by atoms with E-state index in [9.17, 15) is 24.5 Å². The summed E-state index contributed by atoms with van der Waals surface area (Å²) in [7, 11) is 0. The molecular formula is C36H31N5O5S2. The van der Waals surface area contributed by atoms with E-state index in [0.717, 1.165) is 21.0 Å². The molecule has 3 N–H and O–H groups in total. The maximum Gasteiger partial charge on any atom is 0.272 e. The number of non-ortho nitro benzene ring substituents is 1. The molecule has 0 radical (unpaired) electrons. The van der Waals surface area contributed by atoms with E-state index in [2.05, 4.69) is 20.9 Å². The van der Waals surface area contributed by atoms with Gasteiger partial charge in [-0.1, -0.05) is 61.5 Å². The highest BCUT2D eigenvalue weighted by molar-refractivity contribution is 8.00. The van der Waals surface area contributed by atoms with Crippen LogP contribution in [0.3, 0.4) is 0 Å². The number of nitro groups is 1. The molecular weight excluding hydrogens is 647 g/mol. The van der Waals surface area contributed by atoms with Gasteiger partial charge in [0.15, 0.2) is 5.13 Å². The molecule has 1 unspecified atom stereocenters. The Hall–Kier alpha value is -5.59. The third-order valence-corrected chi connectivity index (χ3v) is 9.30. The molecule has 1 aromatic heterocycles. The predicted molar refractivity (Wildman–Crippen MR) is 191 cm³/mol. The fourth-order valence-corrected chi connectivity index (χ4v) is 6.49. The summed E-state index contributed by atoms with van der Waals surface area (Å²) in [6.45, 7) is 3.90. The van der Waals surface area contributed by atoms with Gasteiger partial charge in [-0.2, -0.15) is 0 Å². The highest BCUT2D eigenvalue weighted by Gasteiger charge is 2.21. The van der Waals surface area contributed by atoms with Crippen molar-refractivity contribution in [2.45, 2.75) is 30.4 Å². The Balaban J connectivity index is 1.30. The number of aromatic nitrogens is 1. The Morgan fingerprint density at radius 3 is 2.27 bits per heavy atom. The van der Waals surface area contributed by atoms with Crippen molar-refractivity contribution >= 4 is 63.4 Å². The molecule has 0 fully saturated rings. The van der Waals surface area contributed by atoms with Crippen molar-refractivity contribution in [3.8, 4) is 11.3 Å². The monoisotopic (exact) mass is 677 g/mol. The maximum absolute atomic E-state index is 13.5. The molecule has 0 bridgehead atoms. The number of amides is 3. The van der Waals surface area contributed by atoms with Gasteiger partial charge in [0.25, 0.3) is 17.5 Å². The zero-order valence-electron chi connectivity index (χ0n) is 26.0. The largest absolute Gasteiger partial charge is 0.321 e. The van der Waals surface area contributed by atoms with Gasteiger partial charge < -0.3 is 16.0 Å². The number of anilines is 2. The van der Waals surface area contributed by atoms with Crippen LogP contribution in [0, 0.1) is 17.0 Å². The number of hydrogen-bond acceptors (Lipinski definition) is 8. The Kier molecular flexibility index (Phi) is 11.1. The van der Waals surface area contributed by atoms with Crippen LogP contribution in [-0.4, -0.2) is 32.9 Å². The van der Waals surface area contributed by atoms with E-state index in [0.29, 0.717) is 28.4 Å². The van der Waals surface area contributed by atoms with Crippen molar-refractivity contribution < 1.29 is 19.3 Å². The van der Waals surface area contributed by atoms with Gasteiger partial charge in [0.1, 0.15) is 5.70 Å². The van der Waals surface area contributed by atoms with Crippen molar-refractivity contribution in [1.29, 1.82) is 0 Å². The van der Waals surface area contributed by atoms with Crippen LogP contribution < -0.4 is 16.0 Å². The fraction of sp³-hybridized carbons (Fsp3) is 0.111. The van der Waals surface area contributed by atoms with Gasteiger partial charge in [-0.05, 0) is 67.4 Å². The molecule has 3 amide bonds. The van der Waals surface area contributed by atoms with Gasteiger partial charge in [-0.15, -0.1) is 23.1 Å². The van der Waals surface area contributed by atoms with Crippen LogP contribution in [0.15, 0.2) is 120 Å². The van der Waals surface area contributed by atoms with E-state index >= 15 is 0 Å². The normalized spacial score (nSPS) is 11.8. The SMILES string of the molecule is CCC(Sc1cccc(NC(=O)/C(=C\c2ccc([N+](=O)[O-])cc2)NC(=O)c2ccccc2)c1)C(=O)Nc1nc(-c2ccccc2)c(C)s1. The Morgan fingerprint density at radius 1 is 0.917 bits per heavy atom. The Bertz CT molecular complexity index is 1960. The molecule has 5 rings (SSSR count).